The fraction of sp³-hybridized carbons (Fsp3) is 1.00. The summed E-state index contributed by atoms with van der Waals surface area (Å²) >= 11 is 0. The van der Waals surface area contributed by atoms with Crippen LogP contribution < -0.4 is 5.32 Å². The van der Waals surface area contributed by atoms with Gasteiger partial charge in [0, 0.05) is 26.8 Å². The maximum atomic E-state index is 9.68. The van der Waals surface area contributed by atoms with E-state index < -0.39 is 6.10 Å². The highest BCUT2D eigenvalue weighted by atomic mass is 16.5. The van der Waals surface area contributed by atoms with Crippen molar-refractivity contribution in [2.75, 3.05) is 46.6 Å². The Balaban J connectivity index is 1.94. The molecule has 0 saturated carbocycles. The topological polar surface area (TPSA) is 60.0 Å². The Morgan fingerprint density at radius 1 is 1.47 bits per heavy atom. The first-order valence-corrected chi connectivity index (χ1v) is 6.29. The van der Waals surface area contributed by atoms with Gasteiger partial charge >= 0.3 is 0 Å². The Morgan fingerprint density at radius 3 is 2.94 bits per heavy atom. The van der Waals surface area contributed by atoms with E-state index in [1.54, 1.807) is 7.11 Å². The predicted octanol–water partition coefficient (Wildman–Crippen LogP) is 0.0249. The minimum Gasteiger partial charge on any atom is -0.389 e. The highest BCUT2D eigenvalue weighted by molar-refractivity contribution is 4.68. The minimum absolute atomic E-state index is 0.0258. The highest BCUT2D eigenvalue weighted by Crippen LogP contribution is 2.10. The lowest BCUT2D eigenvalue weighted by Crippen LogP contribution is -2.34. The number of rotatable bonds is 9. The zero-order valence-electron chi connectivity index (χ0n) is 10.9. The second-order valence-corrected chi connectivity index (χ2v) is 4.64. The second-order valence-electron chi connectivity index (χ2n) is 4.64. The number of ether oxygens (including phenoxy) is 3. The third-order valence-corrected chi connectivity index (χ3v) is 2.81. The van der Waals surface area contributed by atoms with Gasteiger partial charge in [0.2, 0.25) is 0 Å². The van der Waals surface area contributed by atoms with E-state index in [9.17, 15) is 5.11 Å². The largest absolute Gasteiger partial charge is 0.389 e. The molecule has 2 N–H and O–H groups in total. The number of nitrogens with one attached hydrogen (secondary N) is 1. The molecule has 1 fully saturated rings. The molecule has 0 aromatic carbocycles. The molecule has 5 nitrogen and oxygen atoms in total. The molecule has 0 bridgehead atoms. The lowest BCUT2D eigenvalue weighted by atomic mass is 10.1. The SMILES string of the molecule is COCC(C)OCC(O)CNCC1CCOC1. The molecule has 0 aliphatic carbocycles. The summed E-state index contributed by atoms with van der Waals surface area (Å²) in [6.07, 6.45) is 0.680. The van der Waals surface area contributed by atoms with E-state index in [1.165, 1.54) is 0 Å². The van der Waals surface area contributed by atoms with Gasteiger partial charge in [0.15, 0.2) is 0 Å². The highest BCUT2D eigenvalue weighted by Gasteiger charge is 2.15. The van der Waals surface area contributed by atoms with Crippen LogP contribution in [0.1, 0.15) is 13.3 Å². The summed E-state index contributed by atoms with van der Waals surface area (Å²) in [7, 11) is 1.64. The van der Waals surface area contributed by atoms with Crippen LogP contribution in [0, 0.1) is 5.92 Å². The van der Waals surface area contributed by atoms with Gasteiger partial charge in [-0.1, -0.05) is 0 Å². The van der Waals surface area contributed by atoms with Crippen LogP contribution in [0.25, 0.3) is 0 Å². The maximum absolute atomic E-state index is 9.68. The molecule has 5 heteroatoms. The molecule has 1 aliphatic rings. The van der Waals surface area contributed by atoms with Crippen LogP contribution in [0.2, 0.25) is 0 Å². The smallest absolute Gasteiger partial charge is 0.0897 e. The lowest BCUT2D eigenvalue weighted by Gasteiger charge is -2.17. The van der Waals surface area contributed by atoms with Crippen LogP contribution in [0.4, 0.5) is 0 Å². The molecule has 1 heterocycles. The summed E-state index contributed by atoms with van der Waals surface area (Å²) in [5.74, 6) is 0.593. The zero-order valence-corrected chi connectivity index (χ0v) is 10.9. The van der Waals surface area contributed by atoms with Crippen LogP contribution in [-0.4, -0.2) is 63.9 Å². The average molecular weight is 247 g/mol. The van der Waals surface area contributed by atoms with Crippen molar-refractivity contribution in [1.29, 1.82) is 0 Å². The van der Waals surface area contributed by atoms with E-state index in [2.05, 4.69) is 5.32 Å². The van der Waals surface area contributed by atoms with E-state index in [1.807, 2.05) is 6.92 Å². The molecule has 102 valence electrons. The van der Waals surface area contributed by atoms with Gasteiger partial charge in [0.25, 0.3) is 0 Å². The monoisotopic (exact) mass is 247 g/mol. The van der Waals surface area contributed by atoms with Gasteiger partial charge < -0.3 is 24.6 Å². The first-order chi connectivity index (χ1) is 8.22. The Hall–Kier alpha value is -0.200. The molecule has 0 radical (unpaired) electrons. The van der Waals surface area contributed by atoms with Crippen molar-refractivity contribution in [1.82, 2.24) is 5.32 Å². The molecule has 3 atom stereocenters. The fourth-order valence-electron chi connectivity index (χ4n) is 1.82. The lowest BCUT2D eigenvalue weighted by molar-refractivity contribution is -0.0312. The number of hydrogen-bond acceptors (Lipinski definition) is 5. The van der Waals surface area contributed by atoms with Crippen molar-refractivity contribution in [2.24, 2.45) is 5.92 Å². The third-order valence-electron chi connectivity index (χ3n) is 2.81. The first kappa shape index (κ1) is 14.9. The Kier molecular flexibility index (Phi) is 7.72. The van der Waals surface area contributed by atoms with Gasteiger partial charge in [0.05, 0.1) is 32.0 Å². The van der Waals surface area contributed by atoms with Crippen molar-refractivity contribution in [3.05, 3.63) is 0 Å². The summed E-state index contributed by atoms with van der Waals surface area (Å²) in [6, 6.07) is 0. The predicted molar refractivity (Wildman–Crippen MR) is 65.1 cm³/mol. The van der Waals surface area contributed by atoms with Gasteiger partial charge in [-0.3, -0.25) is 0 Å². The Bertz CT molecular complexity index is 185. The standard InChI is InChI=1S/C12H25NO4/c1-10(7-15-2)17-9-12(14)6-13-5-11-3-4-16-8-11/h10-14H,3-9H2,1-2H3. The summed E-state index contributed by atoms with van der Waals surface area (Å²) in [4.78, 5) is 0. The van der Waals surface area contributed by atoms with Gasteiger partial charge in [0.1, 0.15) is 0 Å². The van der Waals surface area contributed by atoms with Gasteiger partial charge in [-0.15, -0.1) is 0 Å². The fourth-order valence-corrected chi connectivity index (χ4v) is 1.82. The molecule has 0 aromatic heterocycles. The number of hydrogen-bond donors (Lipinski definition) is 2. The number of aliphatic hydroxyl groups excluding tert-OH is 1. The van der Waals surface area contributed by atoms with Crippen LogP contribution >= 0.6 is 0 Å². The van der Waals surface area contributed by atoms with Crippen molar-refractivity contribution in [3.8, 4) is 0 Å². The van der Waals surface area contributed by atoms with E-state index >= 15 is 0 Å². The molecule has 1 rings (SSSR count). The second kappa shape index (κ2) is 8.83. The third kappa shape index (κ3) is 6.95. The van der Waals surface area contributed by atoms with Crippen molar-refractivity contribution in [2.45, 2.75) is 25.6 Å². The molecule has 0 amide bonds. The van der Waals surface area contributed by atoms with Crippen LogP contribution in [0.5, 0.6) is 0 Å². The first-order valence-electron chi connectivity index (χ1n) is 6.29. The summed E-state index contributed by atoms with van der Waals surface area (Å²) in [5.41, 5.74) is 0. The van der Waals surface area contributed by atoms with Crippen molar-refractivity contribution < 1.29 is 19.3 Å². The van der Waals surface area contributed by atoms with Gasteiger partial charge in [-0.25, -0.2) is 0 Å². The van der Waals surface area contributed by atoms with E-state index in [0.29, 0.717) is 25.7 Å². The summed E-state index contributed by atoms with van der Waals surface area (Å²) in [5, 5.41) is 12.9. The molecule has 3 unspecified atom stereocenters. The van der Waals surface area contributed by atoms with E-state index in [-0.39, 0.29) is 6.10 Å². The van der Waals surface area contributed by atoms with Crippen LogP contribution in [-0.2, 0) is 14.2 Å². The normalized spacial score (nSPS) is 23.8. The quantitative estimate of drug-likeness (QED) is 0.602. The van der Waals surface area contributed by atoms with Crippen molar-refractivity contribution >= 4 is 0 Å². The van der Waals surface area contributed by atoms with Crippen LogP contribution in [0.15, 0.2) is 0 Å². The van der Waals surface area contributed by atoms with Gasteiger partial charge in [-0.05, 0) is 19.3 Å². The minimum atomic E-state index is -0.461. The van der Waals surface area contributed by atoms with Gasteiger partial charge in [-0.2, -0.15) is 0 Å². The molecule has 17 heavy (non-hydrogen) atoms. The molecule has 0 spiro atoms. The average Bonchev–Trinajstić information content (AvgIpc) is 2.80. The van der Waals surface area contributed by atoms with E-state index in [0.717, 1.165) is 26.2 Å². The zero-order chi connectivity index (χ0) is 12.5. The van der Waals surface area contributed by atoms with E-state index in [4.69, 9.17) is 14.2 Å². The summed E-state index contributed by atoms with van der Waals surface area (Å²) < 4.78 is 15.7. The molecule has 1 saturated heterocycles. The Labute approximate surface area is 103 Å². The van der Waals surface area contributed by atoms with Crippen molar-refractivity contribution in [3.63, 3.8) is 0 Å². The maximum Gasteiger partial charge on any atom is 0.0897 e. The van der Waals surface area contributed by atoms with Crippen LogP contribution in [0.3, 0.4) is 0 Å². The number of aliphatic hydroxyl groups is 1. The number of methoxy groups -OCH3 is 1. The molecular formula is C12H25NO4. The molecule has 1 aliphatic heterocycles. The molecular weight excluding hydrogens is 222 g/mol. The summed E-state index contributed by atoms with van der Waals surface area (Å²) in [6.45, 7) is 6.01. The Morgan fingerprint density at radius 2 is 2.29 bits per heavy atom. The molecule has 0 aromatic rings.